The zero-order valence-corrected chi connectivity index (χ0v) is 54.3. The van der Waals surface area contributed by atoms with E-state index in [1.807, 2.05) is 0 Å². The molecule has 0 aliphatic heterocycles. The fourth-order valence-corrected chi connectivity index (χ4v) is 15.6. The second kappa shape index (κ2) is 24.2. The molecule has 0 fully saturated rings. The standard InChI is InChI=1S/C96H68/c1-61-45-79(65-29-13-5-14-30-65)91(80(46-61)66-31-15-6-16-32-66)75-53-73-54-76(92-81(67-33-17-7-18-34-67)47-62(2)48-82(92)68-35-19-8-20-36-68)59-89-90-60-78(94-85(71-41-25-11-26-42-71)51-64(4)52-86(94)72-43-27-12-28-44-72)56-74-55-77(58-88(96(74)90)87(57-75)95(73)89)93-83(69-37-21-9-22-38-69)49-63(3)50-84(93)70-39-23-10-24-40-70/h5-60H,1-4H3. The molecule has 0 radical (unpaired) electrons. The summed E-state index contributed by atoms with van der Waals surface area (Å²) in [6.45, 7) is 8.98. The highest BCUT2D eigenvalue weighted by Crippen LogP contribution is 2.54. The molecule has 0 aromatic heterocycles. The number of rotatable bonds is 12. The van der Waals surface area contributed by atoms with E-state index in [1.165, 1.54) is 177 Å². The Kier molecular flexibility index (Phi) is 14.6. The van der Waals surface area contributed by atoms with Crippen molar-refractivity contribution in [2.45, 2.75) is 27.7 Å². The Morgan fingerprint density at radius 2 is 0.292 bits per heavy atom. The Labute approximate surface area is 562 Å². The highest BCUT2D eigenvalue weighted by Gasteiger charge is 2.27. The van der Waals surface area contributed by atoms with Crippen LogP contribution in [0.3, 0.4) is 0 Å². The Morgan fingerprint density at radius 3 is 0.438 bits per heavy atom. The number of aryl methyl sites for hydroxylation is 4. The molecule has 0 bridgehead atoms. The smallest absolute Gasteiger partial charge is 0.00255 e. The second-order valence-electron chi connectivity index (χ2n) is 26.2. The summed E-state index contributed by atoms with van der Waals surface area (Å²) in [5.74, 6) is 0. The summed E-state index contributed by atoms with van der Waals surface area (Å²) in [5, 5.41) is 9.68. The van der Waals surface area contributed by atoms with Crippen LogP contribution in [-0.2, 0) is 0 Å². The molecule has 0 saturated heterocycles. The zero-order chi connectivity index (χ0) is 64.4. The first-order chi connectivity index (χ1) is 47.2. The van der Waals surface area contributed by atoms with Crippen molar-refractivity contribution in [3.05, 3.63) is 362 Å². The molecule has 0 unspecified atom stereocenters. The molecule has 96 heavy (non-hydrogen) atoms. The average Bonchev–Trinajstić information content (AvgIpc) is 0.700. The van der Waals surface area contributed by atoms with Gasteiger partial charge in [0, 0.05) is 0 Å². The van der Waals surface area contributed by atoms with E-state index in [4.69, 9.17) is 0 Å². The van der Waals surface area contributed by atoms with Gasteiger partial charge in [0.1, 0.15) is 0 Å². The van der Waals surface area contributed by atoms with Gasteiger partial charge in [-0.15, -0.1) is 0 Å². The van der Waals surface area contributed by atoms with Crippen LogP contribution < -0.4 is 0 Å². The van der Waals surface area contributed by atoms with Crippen molar-refractivity contribution in [3.63, 3.8) is 0 Å². The van der Waals surface area contributed by atoms with Crippen LogP contribution in [0.2, 0.25) is 0 Å². The zero-order valence-electron chi connectivity index (χ0n) is 54.3. The Balaban J connectivity index is 1.10. The Morgan fingerprint density at radius 1 is 0.146 bits per heavy atom. The lowest BCUT2D eigenvalue weighted by molar-refractivity contribution is 1.45. The van der Waals surface area contributed by atoms with Crippen LogP contribution in [0.25, 0.3) is 177 Å². The minimum absolute atomic E-state index is 1.16. The quantitative estimate of drug-likeness (QED) is 0.0845. The predicted molar refractivity (Wildman–Crippen MR) is 412 cm³/mol. The van der Waals surface area contributed by atoms with Gasteiger partial charge in [0.05, 0.1) is 0 Å². The Bertz CT molecular complexity index is 4820. The summed E-state index contributed by atoms with van der Waals surface area (Å²) in [7, 11) is 0. The van der Waals surface area contributed by atoms with Gasteiger partial charge >= 0.3 is 0 Å². The van der Waals surface area contributed by atoms with E-state index in [9.17, 15) is 0 Å². The largest absolute Gasteiger partial charge is 0.0622 e. The number of benzene rings is 17. The van der Waals surface area contributed by atoms with E-state index in [-0.39, 0.29) is 0 Å². The van der Waals surface area contributed by atoms with E-state index in [0.29, 0.717) is 0 Å². The van der Waals surface area contributed by atoms with Gasteiger partial charge in [0.2, 0.25) is 0 Å². The third-order valence-corrected chi connectivity index (χ3v) is 19.6. The molecule has 452 valence electrons. The van der Waals surface area contributed by atoms with Gasteiger partial charge in [0.25, 0.3) is 0 Å². The summed E-state index contributed by atoms with van der Waals surface area (Å²) in [4.78, 5) is 0. The summed E-state index contributed by atoms with van der Waals surface area (Å²) in [5.41, 5.74) is 33.4. The van der Waals surface area contributed by atoms with Gasteiger partial charge in [0.15, 0.2) is 0 Å². The van der Waals surface area contributed by atoms with Gasteiger partial charge in [-0.2, -0.15) is 0 Å². The van der Waals surface area contributed by atoms with Gasteiger partial charge in [-0.1, -0.05) is 291 Å². The molecule has 0 N–H and O–H groups in total. The first-order valence-corrected chi connectivity index (χ1v) is 33.5. The van der Waals surface area contributed by atoms with E-state index < -0.39 is 0 Å². The van der Waals surface area contributed by atoms with Gasteiger partial charge < -0.3 is 0 Å². The monoisotopic (exact) mass is 1220 g/mol. The lowest BCUT2D eigenvalue weighted by Crippen LogP contribution is -1.98. The average molecular weight is 1220 g/mol. The number of hydrogen-bond donors (Lipinski definition) is 0. The fourth-order valence-electron chi connectivity index (χ4n) is 15.6. The molecule has 0 heteroatoms. The lowest BCUT2D eigenvalue weighted by atomic mass is 9.79. The molecule has 0 heterocycles. The van der Waals surface area contributed by atoms with Crippen LogP contribution in [0.5, 0.6) is 0 Å². The maximum Gasteiger partial charge on any atom is -0.00255 e. The van der Waals surface area contributed by atoms with E-state index >= 15 is 0 Å². The summed E-state index contributed by atoms with van der Waals surface area (Å²) in [6, 6.07) is 128. The third-order valence-electron chi connectivity index (χ3n) is 19.6. The van der Waals surface area contributed by atoms with E-state index in [0.717, 1.165) is 22.3 Å². The number of fused-ring (bicyclic) bond motifs is 2. The van der Waals surface area contributed by atoms with Crippen LogP contribution in [0, 0.1) is 27.7 Å². The molecule has 17 aromatic carbocycles. The van der Waals surface area contributed by atoms with Crippen LogP contribution in [0.15, 0.2) is 340 Å². The molecule has 0 saturated carbocycles. The highest BCUT2D eigenvalue weighted by atomic mass is 14.3. The summed E-state index contributed by atoms with van der Waals surface area (Å²) in [6.07, 6.45) is 0. The van der Waals surface area contributed by atoms with Gasteiger partial charge in [-0.25, -0.2) is 0 Å². The van der Waals surface area contributed by atoms with Crippen molar-refractivity contribution in [2.75, 3.05) is 0 Å². The molecular weight excluding hydrogens is 1150 g/mol. The maximum absolute atomic E-state index is 2.56. The van der Waals surface area contributed by atoms with E-state index in [2.05, 4.69) is 367 Å². The molecule has 0 aliphatic rings. The van der Waals surface area contributed by atoms with Crippen LogP contribution in [0.1, 0.15) is 22.3 Å². The topological polar surface area (TPSA) is 0 Å². The summed E-state index contributed by atoms with van der Waals surface area (Å²) < 4.78 is 0. The molecule has 17 rings (SSSR count). The van der Waals surface area contributed by atoms with Crippen molar-refractivity contribution < 1.29 is 0 Å². The van der Waals surface area contributed by atoms with Crippen molar-refractivity contribution >= 4 is 43.1 Å². The van der Waals surface area contributed by atoms with Crippen molar-refractivity contribution in [1.82, 2.24) is 0 Å². The van der Waals surface area contributed by atoms with Crippen molar-refractivity contribution in [1.29, 1.82) is 0 Å². The fraction of sp³-hybridized carbons (Fsp3) is 0.0417. The third kappa shape index (κ3) is 10.4. The molecule has 0 spiro atoms. The molecule has 0 amide bonds. The van der Waals surface area contributed by atoms with Gasteiger partial charge in [-0.05, 0) is 275 Å². The first kappa shape index (κ1) is 57.9. The first-order valence-electron chi connectivity index (χ1n) is 33.5. The minimum Gasteiger partial charge on any atom is -0.0622 e. The lowest BCUT2D eigenvalue weighted by Gasteiger charge is -2.24. The highest BCUT2D eigenvalue weighted by molar-refractivity contribution is 6.36. The number of hydrogen-bond acceptors (Lipinski definition) is 0. The van der Waals surface area contributed by atoms with Crippen LogP contribution >= 0.6 is 0 Å². The normalized spacial score (nSPS) is 11.5. The predicted octanol–water partition coefficient (Wildman–Crippen LogP) is 27.0. The van der Waals surface area contributed by atoms with Crippen molar-refractivity contribution in [3.8, 4) is 134 Å². The summed E-state index contributed by atoms with van der Waals surface area (Å²) >= 11 is 0. The molecule has 0 nitrogen and oxygen atoms in total. The van der Waals surface area contributed by atoms with E-state index in [1.54, 1.807) is 0 Å². The molecular formula is C96H68. The molecule has 0 atom stereocenters. The SMILES string of the molecule is Cc1cc(-c2ccccc2)c(-c2cc3cc(-c4c(-c5ccccc5)cc(C)cc4-c4ccccc4)cc4c5cc(-c6c(-c7ccccc7)cc(C)cc6-c6ccccc6)cc6cc(-c7c(-c8ccccc8)cc(C)cc7-c7ccccc7)cc(c(c2)c34)c65)c(-c2ccccc2)c1. The van der Waals surface area contributed by atoms with Crippen LogP contribution in [0.4, 0.5) is 0 Å². The van der Waals surface area contributed by atoms with Gasteiger partial charge in [-0.3, -0.25) is 0 Å². The Hall–Kier alpha value is -12.0. The molecule has 0 aliphatic carbocycles. The molecule has 17 aromatic rings. The van der Waals surface area contributed by atoms with Crippen molar-refractivity contribution in [2.24, 2.45) is 0 Å². The maximum atomic E-state index is 2.56. The second-order valence-corrected chi connectivity index (χ2v) is 26.2. The van der Waals surface area contributed by atoms with Crippen LogP contribution in [-0.4, -0.2) is 0 Å². The minimum atomic E-state index is 1.16.